The van der Waals surface area contributed by atoms with Gasteiger partial charge in [-0.15, -0.1) is 0 Å². The van der Waals surface area contributed by atoms with Gasteiger partial charge in [-0.1, -0.05) is 6.92 Å². The lowest BCUT2D eigenvalue weighted by Crippen LogP contribution is -2.29. The Labute approximate surface area is 108 Å². The maximum atomic E-state index is 11.7. The summed E-state index contributed by atoms with van der Waals surface area (Å²) in [6.45, 7) is 4.85. The molecule has 0 radical (unpaired) electrons. The molecule has 1 unspecified atom stereocenters. The van der Waals surface area contributed by atoms with Crippen LogP contribution in [0.4, 0.5) is 5.69 Å². The smallest absolute Gasteiger partial charge is 0.178 e. The van der Waals surface area contributed by atoms with Crippen molar-refractivity contribution in [2.24, 2.45) is 0 Å². The largest absolute Gasteiger partial charge is 0.388 e. The lowest BCUT2D eigenvalue weighted by atomic mass is 10.1. The summed E-state index contributed by atoms with van der Waals surface area (Å²) in [7, 11) is -3.13. The number of nitrogens with zero attached hydrogens (tertiary/aromatic N) is 1. The van der Waals surface area contributed by atoms with Crippen molar-refractivity contribution in [1.82, 2.24) is 0 Å². The highest BCUT2D eigenvalue weighted by molar-refractivity contribution is 7.91. The third kappa shape index (κ3) is 2.67. The molecular formula is C13H19NO3S. The summed E-state index contributed by atoms with van der Waals surface area (Å²) in [5, 5.41) is 9.91. The summed E-state index contributed by atoms with van der Waals surface area (Å²) in [6.07, 6.45) is 0.738. The zero-order valence-electron chi connectivity index (χ0n) is 10.8. The first kappa shape index (κ1) is 13.4. The summed E-state index contributed by atoms with van der Waals surface area (Å²) < 4.78 is 23.4. The van der Waals surface area contributed by atoms with Gasteiger partial charge in [-0.05, 0) is 37.6 Å². The molecule has 4 nitrogen and oxygen atoms in total. The van der Waals surface area contributed by atoms with Crippen LogP contribution in [0.3, 0.4) is 0 Å². The van der Waals surface area contributed by atoms with Gasteiger partial charge in [0.1, 0.15) is 0 Å². The molecule has 1 aliphatic heterocycles. The highest BCUT2D eigenvalue weighted by Gasteiger charge is 2.31. The Morgan fingerprint density at radius 3 is 2.39 bits per heavy atom. The van der Waals surface area contributed by atoms with Gasteiger partial charge in [-0.3, -0.25) is 0 Å². The van der Waals surface area contributed by atoms with Crippen LogP contribution in [0, 0.1) is 0 Å². The quantitative estimate of drug-likeness (QED) is 0.902. The normalized spacial score (nSPS) is 24.5. The van der Waals surface area contributed by atoms with Gasteiger partial charge in [0.2, 0.25) is 0 Å². The molecule has 0 spiro atoms. The van der Waals surface area contributed by atoms with Crippen LogP contribution in [0.15, 0.2) is 29.2 Å². The van der Waals surface area contributed by atoms with Crippen LogP contribution in [0.1, 0.15) is 20.3 Å². The molecule has 0 amide bonds. The molecule has 0 bridgehead atoms. The van der Waals surface area contributed by atoms with Gasteiger partial charge in [0, 0.05) is 18.8 Å². The fourth-order valence-corrected chi connectivity index (χ4v) is 3.08. The number of aliphatic hydroxyl groups is 1. The Kier molecular flexibility index (Phi) is 3.38. The van der Waals surface area contributed by atoms with E-state index in [1.54, 1.807) is 19.1 Å². The molecule has 0 saturated carbocycles. The zero-order valence-corrected chi connectivity index (χ0v) is 11.6. The van der Waals surface area contributed by atoms with Gasteiger partial charge in [0.15, 0.2) is 9.84 Å². The van der Waals surface area contributed by atoms with Gasteiger partial charge in [0.25, 0.3) is 0 Å². The standard InChI is InChI=1S/C13H19NO3S/c1-3-18(16,17)12-6-4-11(5-7-12)14-9-8-13(2,15)10-14/h4-7,15H,3,8-10H2,1-2H3. The second-order valence-electron chi connectivity index (χ2n) is 5.07. The third-order valence-electron chi connectivity index (χ3n) is 3.39. The van der Waals surface area contributed by atoms with Crippen LogP contribution in [0.25, 0.3) is 0 Å². The molecule has 18 heavy (non-hydrogen) atoms. The van der Waals surface area contributed by atoms with E-state index >= 15 is 0 Å². The number of sulfone groups is 1. The van der Waals surface area contributed by atoms with Crippen LogP contribution < -0.4 is 4.90 Å². The Morgan fingerprint density at radius 2 is 1.94 bits per heavy atom. The minimum Gasteiger partial charge on any atom is -0.388 e. The second kappa shape index (κ2) is 4.55. The summed E-state index contributed by atoms with van der Waals surface area (Å²) >= 11 is 0. The van der Waals surface area contributed by atoms with Gasteiger partial charge in [0.05, 0.1) is 16.2 Å². The number of hydrogen-bond donors (Lipinski definition) is 1. The minimum absolute atomic E-state index is 0.116. The van der Waals surface area contributed by atoms with E-state index in [1.165, 1.54) is 0 Å². The highest BCUT2D eigenvalue weighted by atomic mass is 32.2. The summed E-state index contributed by atoms with van der Waals surface area (Å²) in [5.74, 6) is 0.116. The molecule has 2 rings (SSSR count). The van der Waals surface area contributed by atoms with E-state index in [0.717, 1.165) is 18.7 Å². The van der Waals surface area contributed by atoms with Crippen molar-refractivity contribution in [1.29, 1.82) is 0 Å². The Hall–Kier alpha value is -1.07. The molecule has 100 valence electrons. The third-order valence-corrected chi connectivity index (χ3v) is 5.14. The van der Waals surface area contributed by atoms with Gasteiger partial charge >= 0.3 is 0 Å². The van der Waals surface area contributed by atoms with Crippen LogP contribution in [0.2, 0.25) is 0 Å². The average molecular weight is 269 g/mol. The van der Waals surface area contributed by atoms with Crippen LogP contribution in [0.5, 0.6) is 0 Å². The topological polar surface area (TPSA) is 57.6 Å². The van der Waals surface area contributed by atoms with Gasteiger partial charge < -0.3 is 10.0 Å². The first-order chi connectivity index (χ1) is 8.34. The van der Waals surface area contributed by atoms with Gasteiger partial charge in [-0.25, -0.2) is 8.42 Å². The Bertz CT molecular complexity index is 520. The lowest BCUT2D eigenvalue weighted by molar-refractivity contribution is 0.0839. The monoisotopic (exact) mass is 269 g/mol. The first-order valence-corrected chi connectivity index (χ1v) is 7.79. The Morgan fingerprint density at radius 1 is 1.33 bits per heavy atom. The van der Waals surface area contributed by atoms with Crippen molar-refractivity contribution in [3.05, 3.63) is 24.3 Å². The van der Waals surface area contributed by atoms with E-state index in [0.29, 0.717) is 11.4 Å². The fraction of sp³-hybridized carbons (Fsp3) is 0.538. The van der Waals surface area contributed by atoms with Crippen molar-refractivity contribution in [3.8, 4) is 0 Å². The van der Waals surface area contributed by atoms with Crippen molar-refractivity contribution in [2.45, 2.75) is 30.8 Å². The number of rotatable bonds is 3. The molecule has 1 N–H and O–H groups in total. The zero-order chi connectivity index (χ0) is 13.4. The van der Waals surface area contributed by atoms with Crippen molar-refractivity contribution >= 4 is 15.5 Å². The van der Waals surface area contributed by atoms with Crippen molar-refractivity contribution in [3.63, 3.8) is 0 Å². The summed E-state index contributed by atoms with van der Waals surface area (Å²) in [6, 6.07) is 6.90. The molecule has 1 heterocycles. The number of β-amino-alcohol motifs (C(OH)–C–C–N with tert-alkyl or cyclic N) is 1. The molecule has 0 aromatic heterocycles. The van der Waals surface area contributed by atoms with Crippen molar-refractivity contribution < 1.29 is 13.5 Å². The first-order valence-electron chi connectivity index (χ1n) is 6.14. The molecule has 1 fully saturated rings. The number of hydrogen-bond acceptors (Lipinski definition) is 4. The van der Waals surface area contributed by atoms with E-state index in [1.807, 2.05) is 19.1 Å². The molecule has 1 aromatic carbocycles. The number of anilines is 1. The minimum atomic E-state index is -3.13. The molecule has 0 aliphatic carbocycles. The lowest BCUT2D eigenvalue weighted by Gasteiger charge is -2.21. The van der Waals surface area contributed by atoms with E-state index in [2.05, 4.69) is 4.90 Å². The molecule has 5 heteroatoms. The van der Waals surface area contributed by atoms with E-state index in [9.17, 15) is 13.5 Å². The summed E-state index contributed by atoms with van der Waals surface area (Å²) in [4.78, 5) is 2.43. The van der Waals surface area contributed by atoms with Gasteiger partial charge in [-0.2, -0.15) is 0 Å². The predicted octanol–water partition coefficient (Wildman–Crippen LogP) is 1.44. The molecule has 1 saturated heterocycles. The molecule has 1 aromatic rings. The van der Waals surface area contributed by atoms with Crippen LogP contribution in [-0.2, 0) is 9.84 Å². The molecular weight excluding hydrogens is 250 g/mol. The second-order valence-corrected chi connectivity index (χ2v) is 7.34. The Balaban J connectivity index is 2.19. The SMILES string of the molecule is CCS(=O)(=O)c1ccc(N2CCC(C)(O)C2)cc1. The van der Waals surface area contributed by atoms with Crippen LogP contribution >= 0.6 is 0 Å². The maximum absolute atomic E-state index is 11.7. The predicted molar refractivity (Wildman–Crippen MR) is 71.6 cm³/mol. The number of benzene rings is 1. The fourth-order valence-electron chi connectivity index (χ4n) is 2.20. The van der Waals surface area contributed by atoms with E-state index in [4.69, 9.17) is 0 Å². The molecule has 1 atom stereocenters. The van der Waals surface area contributed by atoms with Crippen molar-refractivity contribution in [2.75, 3.05) is 23.7 Å². The van der Waals surface area contributed by atoms with E-state index in [-0.39, 0.29) is 5.75 Å². The van der Waals surface area contributed by atoms with Crippen LogP contribution in [-0.4, -0.2) is 38.0 Å². The average Bonchev–Trinajstić information content (AvgIpc) is 2.70. The maximum Gasteiger partial charge on any atom is 0.178 e. The molecule has 1 aliphatic rings. The highest BCUT2D eigenvalue weighted by Crippen LogP contribution is 2.27. The summed E-state index contributed by atoms with van der Waals surface area (Å²) in [5.41, 5.74) is 0.316. The van der Waals surface area contributed by atoms with E-state index < -0.39 is 15.4 Å².